The highest BCUT2D eigenvalue weighted by molar-refractivity contribution is 4.75. The van der Waals surface area contributed by atoms with E-state index in [1.165, 1.54) is 25.7 Å². The van der Waals surface area contributed by atoms with Crippen molar-refractivity contribution in [1.29, 1.82) is 0 Å². The Morgan fingerprint density at radius 3 is 2.67 bits per heavy atom. The lowest BCUT2D eigenvalue weighted by molar-refractivity contribution is 0.0601. The molecule has 0 saturated heterocycles. The van der Waals surface area contributed by atoms with E-state index in [1.807, 2.05) is 6.08 Å². The summed E-state index contributed by atoms with van der Waals surface area (Å²) in [6.07, 6.45) is 9.44. The summed E-state index contributed by atoms with van der Waals surface area (Å²) < 4.78 is 5.70. The number of hydrogen-bond acceptors (Lipinski definition) is 2. The Morgan fingerprint density at radius 2 is 2.00 bits per heavy atom. The molecule has 0 aliphatic heterocycles. The van der Waals surface area contributed by atoms with E-state index >= 15 is 0 Å². The largest absolute Gasteiger partial charge is 0.381 e. The third-order valence-electron chi connectivity index (χ3n) is 3.40. The Balaban J connectivity index is 2.09. The zero-order valence-electron chi connectivity index (χ0n) is 9.79. The summed E-state index contributed by atoms with van der Waals surface area (Å²) in [5.41, 5.74) is 5.78. The molecular weight excluding hydrogens is 186 g/mol. The van der Waals surface area contributed by atoms with Crippen molar-refractivity contribution in [3.8, 4) is 0 Å². The Labute approximate surface area is 93.9 Å². The molecule has 0 heterocycles. The Morgan fingerprint density at radius 1 is 1.27 bits per heavy atom. The van der Waals surface area contributed by atoms with Crippen molar-refractivity contribution in [3.63, 3.8) is 0 Å². The summed E-state index contributed by atoms with van der Waals surface area (Å²) in [7, 11) is 0. The van der Waals surface area contributed by atoms with Crippen LogP contribution in [0.25, 0.3) is 0 Å². The van der Waals surface area contributed by atoms with Crippen LogP contribution >= 0.6 is 0 Å². The van der Waals surface area contributed by atoms with Crippen LogP contribution in [0.2, 0.25) is 0 Å². The fourth-order valence-corrected chi connectivity index (χ4v) is 2.38. The van der Waals surface area contributed by atoms with Gasteiger partial charge < -0.3 is 10.5 Å². The van der Waals surface area contributed by atoms with Crippen LogP contribution in [0.15, 0.2) is 12.7 Å². The van der Waals surface area contributed by atoms with Gasteiger partial charge in [-0.15, -0.1) is 6.58 Å². The van der Waals surface area contributed by atoms with Gasteiger partial charge in [0.25, 0.3) is 0 Å². The number of hydrogen-bond donors (Lipinski definition) is 1. The molecule has 1 rings (SSSR count). The molecule has 15 heavy (non-hydrogen) atoms. The molecule has 88 valence electrons. The van der Waals surface area contributed by atoms with Crippen molar-refractivity contribution in [3.05, 3.63) is 12.7 Å². The van der Waals surface area contributed by atoms with Gasteiger partial charge in [-0.25, -0.2) is 0 Å². The van der Waals surface area contributed by atoms with Gasteiger partial charge in [0.2, 0.25) is 0 Å². The second-order valence-electron chi connectivity index (χ2n) is 4.55. The highest BCUT2D eigenvalue weighted by Crippen LogP contribution is 2.29. The lowest BCUT2D eigenvalue weighted by Gasteiger charge is -2.30. The van der Waals surface area contributed by atoms with Crippen molar-refractivity contribution >= 4 is 0 Å². The van der Waals surface area contributed by atoms with E-state index in [-0.39, 0.29) is 0 Å². The molecule has 1 aliphatic carbocycles. The van der Waals surface area contributed by atoms with Crippen LogP contribution in [-0.2, 0) is 4.74 Å². The first-order chi connectivity index (χ1) is 7.38. The number of unbranched alkanes of at least 4 members (excludes halogenated alkanes) is 1. The van der Waals surface area contributed by atoms with Gasteiger partial charge >= 0.3 is 0 Å². The third kappa shape index (κ3) is 4.80. The summed E-state index contributed by atoms with van der Waals surface area (Å²) in [4.78, 5) is 0. The number of allylic oxidation sites excluding steroid dienone is 1. The van der Waals surface area contributed by atoms with Gasteiger partial charge in [0.05, 0.1) is 0 Å². The topological polar surface area (TPSA) is 35.2 Å². The van der Waals surface area contributed by atoms with Crippen LogP contribution in [0.3, 0.4) is 0 Å². The molecule has 2 heteroatoms. The molecule has 0 aromatic carbocycles. The molecule has 2 N–H and O–H groups in total. The second kappa shape index (κ2) is 7.89. The van der Waals surface area contributed by atoms with Gasteiger partial charge in [-0.05, 0) is 44.1 Å². The predicted octanol–water partition coefficient (Wildman–Crippen LogP) is 2.73. The lowest BCUT2D eigenvalue weighted by atomic mass is 9.80. The average molecular weight is 211 g/mol. The fraction of sp³-hybridized carbons (Fsp3) is 0.846. The molecule has 2 unspecified atom stereocenters. The van der Waals surface area contributed by atoms with Crippen molar-refractivity contribution in [1.82, 2.24) is 0 Å². The third-order valence-corrected chi connectivity index (χ3v) is 3.40. The lowest BCUT2D eigenvalue weighted by Crippen LogP contribution is -2.30. The smallest absolute Gasteiger partial charge is 0.0497 e. The molecule has 0 amide bonds. The highest BCUT2D eigenvalue weighted by Gasteiger charge is 2.23. The van der Waals surface area contributed by atoms with Gasteiger partial charge in [-0.3, -0.25) is 0 Å². The quantitative estimate of drug-likeness (QED) is 0.519. The van der Waals surface area contributed by atoms with E-state index in [1.54, 1.807) is 0 Å². The maximum atomic E-state index is 5.78. The SMILES string of the molecule is C=CCCCOCC1CCCCC1CN. The molecule has 2 atom stereocenters. The minimum absolute atomic E-state index is 0.707. The molecule has 1 saturated carbocycles. The minimum atomic E-state index is 0.707. The van der Waals surface area contributed by atoms with E-state index in [2.05, 4.69) is 6.58 Å². The van der Waals surface area contributed by atoms with Crippen molar-refractivity contribution < 1.29 is 4.74 Å². The van der Waals surface area contributed by atoms with Crippen LogP contribution < -0.4 is 5.73 Å². The van der Waals surface area contributed by atoms with Gasteiger partial charge in [0, 0.05) is 13.2 Å². The van der Waals surface area contributed by atoms with Gasteiger partial charge in [0.15, 0.2) is 0 Å². The summed E-state index contributed by atoms with van der Waals surface area (Å²) in [6, 6.07) is 0. The fourth-order valence-electron chi connectivity index (χ4n) is 2.38. The summed E-state index contributed by atoms with van der Waals surface area (Å²) >= 11 is 0. The van der Waals surface area contributed by atoms with Gasteiger partial charge in [-0.1, -0.05) is 18.9 Å². The number of nitrogens with two attached hydrogens (primary N) is 1. The highest BCUT2D eigenvalue weighted by atomic mass is 16.5. The molecule has 0 bridgehead atoms. The van der Waals surface area contributed by atoms with E-state index in [0.29, 0.717) is 11.8 Å². The normalized spacial score (nSPS) is 26.5. The van der Waals surface area contributed by atoms with E-state index in [4.69, 9.17) is 10.5 Å². The first-order valence-corrected chi connectivity index (χ1v) is 6.27. The van der Waals surface area contributed by atoms with Crippen molar-refractivity contribution in [2.75, 3.05) is 19.8 Å². The van der Waals surface area contributed by atoms with Crippen LogP contribution in [0, 0.1) is 11.8 Å². The molecule has 0 radical (unpaired) electrons. The Kier molecular flexibility index (Phi) is 6.69. The van der Waals surface area contributed by atoms with Crippen molar-refractivity contribution in [2.24, 2.45) is 17.6 Å². The first kappa shape index (κ1) is 12.7. The summed E-state index contributed by atoms with van der Waals surface area (Å²) in [5, 5.41) is 0. The Hall–Kier alpha value is -0.340. The minimum Gasteiger partial charge on any atom is -0.381 e. The standard InChI is InChI=1S/C13H25NO/c1-2-3-6-9-15-11-13-8-5-4-7-12(13)10-14/h2,12-13H,1,3-11,14H2. The van der Waals surface area contributed by atoms with Gasteiger partial charge in [-0.2, -0.15) is 0 Å². The second-order valence-corrected chi connectivity index (χ2v) is 4.55. The monoisotopic (exact) mass is 211 g/mol. The number of rotatable bonds is 7. The molecule has 2 nitrogen and oxygen atoms in total. The van der Waals surface area contributed by atoms with Crippen LogP contribution in [0.5, 0.6) is 0 Å². The summed E-state index contributed by atoms with van der Waals surface area (Å²) in [5.74, 6) is 1.42. The van der Waals surface area contributed by atoms with Crippen LogP contribution in [-0.4, -0.2) is 19.8 Å². The van der Waals surface area contributed by atoms with Crippen LogP contribution in [0.4, 0.5) is 0 Å². The van der Waals surface area contributed by atoms with E-state index in [0.717, 1.165) is 32.6 Å². The predicted molar refractivity (Wildman–Crippen MR) is 64.8 cm³/mol. The van der Waals surface area contributed by atoms with E-state index in [9.17, 15) is 0 Å². The van der Waals surface area contributed by atoms with E-state index < -0.39 is 0 Å². The van der Waals surface area contributed by atoms with Crippen LogP contribution in [0.1, 0.15) is 38.5 Å². The average Bonchev–Trinajstić information content (AvgIpc) is 2.29. The maximum Gasteiger partial charge on any atom is 0.0497 e. The number of ether oxygens (including phenoxy) is 1. The molecular formula is C13H25NO. The maximum absolute atomic E-state index is 5.78. The molecule has 0 aromatic rings. The Bertz CT molecular complexity index is 170. The molecule has 1 aliphatic rings. The van der Waals surface area contributed by atoms with Gasteiger partial charge in [0.1, 0.15) is 0 Å². The zero-order valence-corrected chi connectivity index (χ0v) is 9.79. The molecule has 1 fully saturated rings. The first-order valence-electron chi connectivity index (χ1n) is 6.27. The molecule has 0 aromatic heterocycles. The molecule has 0 spiro atoms. The summed E-state index contributed by atoms with van der Waals surface area (Å²) in [6.45, 7) is 6.33. The zero-order chi connectivity index (χ0) is 10.9. The van der Waals surface area contributed by atoms with Crippen molar-refractivity contribution in [2.45, 2.75) is 38.5 Å².